The lowest BCUT2D eigenvalue weighted by Crippen LogP contribution is -2.11. The van der Waals surface area contributed by atoms with E-state index in [-0.39, 0.29) is 11.3 Å². The molecular formula is C17H11F6N3O2S. The van der Waals surface area contributed by atoms with Crippen molar-refractivity contribution in [3.05, 3.63) is 64.7 Å². The molecule has 0 fully saturated rings. The molecule has 0 amide bonds. The summed E-state index contributed by atoms with van der Waals surface area (Å²) in [4.78, 5) is 9.97. The van der Waals surface area contributed by atoms with E-state index in [4.69, 9.17) is 10.8 Å². The van der Waals surface area contributed by atoms with Crippen LogP contribution in [0.15, 0.2) is 47.8 Å². The third-order valence-electron chi connectivity index (χ3n) is 3.45. The van der Waals surface area contributed by atoms with Crippen LogP contribution < -0.4 is 5.73 Å². The number of nitrogen functional groups attached to an aromatic ring is 1. The number of hydrogen-bond acceptors (Lipinski definition) is 5. The zero-order valence-corrected chi connectivity index (χ0v) is 14.9. The summed E-state index contributed by atoms with van der Waals surface area (Å²) in [5.74, 6) is -1.03. The van der Waals surface area contributed by atoms with Gasteiger partial charge in [0.15, 0.2) is 5.69 Å². The van der Waals surface area contributed by atoms with Crippen LogP contribution in [0.2, 0.25) is 0 Å². The van der Waals surface area contributed by atoms with Crippen LogP contribution in [0, 0.1) is 0 Å². The first-order valence-corrected chi connectivity index (χ1v) is 8.38. The number of alkyl halides is 6. The van der Waals surface area contributed by atoms with Gasteiger partial charge in [-0.15, -0.1) is 5.10 Å². The van der Waals surface area contributed by atoms with Crippen LogP contribution in [0.1, 0.15) is 21.6 Å². The smallest absolute Gasteiger partial charge is 0.417 e. The van der Waals surface area contributed by atoms with Crippen LogP contribution in [0.5, 0.6) is 0 Å². The van der Waals surface area contributed by atoms with Crippen LogP contribution in [-0.2, 0) is 12.4 Å². The van der Waals surface area contributed by atoms with Crippen molar-refractivity contribution in [1.82, 2.24) is 9.59 Å². The second-order valence-electron chi connectivity index (χ2n) is 5.47. The Hall–Kier alpha value is -3.15. The summed E-state index contributed by atoms with van der Waals surface area (Å²) in [5.41, 5.74) is 2.96. The van der Waals surface area contributed by atoms with E-state index in [1.165, 1.54) is 29.6 Å². The Kier molecular flexibility index (Phi) is 6.47. The average Bonchev–Trinajstić information content (AvgIpc) is 3.16. The summed E-state index contributed by atoms with van der Waals surface area (Å²) in [6.45, 7) is 0. The van der Waals surface area contributed by atoms with E-state index in [9.17, 15) is 31.1 Å². The fourth-order valence-electron chi connectivity index (χ4n) is 2.13. The molecule has 0 spiro atoms. The lowest BCUT2D eigenvalue weighted by molar-refractivity contribution is -0.141. The van der Waals surface area contributed by atoms with Gasteiger partial charge >= 0.3 is 18.3 Å². The van der Waals surface area contributed by atoms with Crippen LogP contribution in [-0.4, -0.2) is 20.7 Å². The summed E-state index contributed by atoms with van der Waals surface area (Å²) < 4.78 is 80.2. The number of halogens is 6. The first-order chi connectivity index (χ1) is 13.4. The molecule has 0 aliphatic heterocycles. The van der Waals surface area contributed by atoms with Crippen molar-refractivity contribution >= 4 is 23.2 Å². The first kappa shape index (κ1) is 22.1. The van der Waals surface area contributed by atoms with E-state index in [1.54, 1.807) is 0 Å². The van der Waals surface area contributed by atoms with E-state index in [1.807, 2.05) is 0 Å². The molecule has 5 nitrogen and oxygen atoms in total. The molecule has 0 radical (unpaired) electrons. The van der Waals surface area contributed by atoms with Gasteiger partial charge in [-0.2, -0.15) is 26.3 Å². The maximum absolute atomic E-state index is 12.9. The highest BCUT2D eigenvalue weighted by Crippen LogP contribution is 2.40. The van der Waals surface area contributed by atoms with Crippen LogP contribution in [0.3, 0.4) is 0 Å². The molecule has 0 saturated heterocycles. The zero-order chi connectivity index (χ0) is 21.8. The van der Waals surface area contributed by atoms with Gasteiger partial charge in [0.1, 0.15) is 0 Å². The number of aromatic carboxylic acids is 1. The van der Waals surface area contributed by atoms with Gasteiger partial charge in [0.2, 0.25) is 0 Å². The van der Waals surface area contributed by atoms with Gasteiger partial charge in [0.25, 0.3) is 0 Å². The molecular weight excluding hydrogens is 424 g/mol. The number of nitrogens with zero attached hydrogens (tertiary/aromatic N) is 2. The summed E-state index contributed by atoms with van der Waals surface area (Å²) >= 11 is 1.03. The number of carboxylic acid groups (broad SMARTS) is 1. The largest absolute Gasteiger partial charge is 0.476 e. The maximum atomic E-state index is 12.9. The average molecular weight is 435 g/mol. The number of aromatic nitrogens is 2. The Bertz CT molecular complexity index is 970. The number of carbonyl (C=O) groups is 1. The number of rotatable bonds is 2. The summed E-state index contributed by atoms with van der Waals surface area (Å²) in [6, 6.07) is 6.51. The third kappa shape index (κ3) is 5.91. The van der Waals surface area contributed by atoms with Gasteiger partial charge in [0.05, 0.1) is 11.1 Å². The lowest BCUT2D eigenvalue weighted by Gasteiger charge is -2.16. The molecule has 0 aliphatic carbocycles. The molecule has 0 unspecified atom stereocenters. The Balaban J connectivity index is 0.000000313. The molecule has 0 atom stereocenters. The fourth-order valence-corrected chi connectivity index (χ4v) is 2.56. The number of nitrogens with two attached hydrogens (primary N) is 1. The highest BCUT2D eigenvalue weighted by atomic mass is 32.1. The molecule has 12 heteroatoms. The van der Waals surface area contributed by atoms with E-state index >= 15 is 0 Å². The molecule has 3 rings (SSSR count). The number of hydrogen-bond donors (Lipinski definition) is 2. The van der Waals surface area contributed by atoms with Crippen LogP contribution >= 0.6 is 11.5 Å². The molecule has 3 aromatic rings. The normalized spacial score (nSPS) is 11.5. The van der Waals surface area contributed by atoms with Crippen molar-refractivity contribution < 1.29 is 36.2 Å². The molecule has 0 bridgehead atoms. The Morgan fingerprint density at radius 1 is 0.966 bits per heavy atom. The predicted octanol–water partition coefficient (Wildman–Crippen LogP) is 5.21. The first-order valence-electron chi connectivity index (χ1n) is 7.54. The monoisotopic (exact) mass is 435 g/mol. The van der Waals surface area contributed by atoms with Gasteiger partial charge in [-0.3, -0.25) is 0 Å². The maximum Gasteiger partial charge on any atom is 0.417 e. The minimum absolute atomic E-state index is 0.00926. The molecule has 0 aliphatic rings. The van der Waals surface area contributed by atoms with Crippen molar-refractivity contribution in [2.24, 2.45) is 0 Å². The van der Waals surface area contributed by atoms with E-state index in [0.29, 0.717) is 23.9 Å². The van der Waals surface area contributed by atoms with Gasteiger partial charge in [-0.1, -0.05) is 16.6 Å². The van der Waals surface area contributed by atoms with E-state index < -0.39 is 35.0 Å². The minimum atomic E-state index is -4.75. The van der Waals surface area contributed by atoms with Gasteiger partial charge < -0.3 is 10.8 Å². The van der Waals surface area contributed by atoms with Crippen LogP contribution in [0.4, 0.5) is 32.0 Å². The molecule has 2 aromatic carbocycles. The summed E-state index contributed by atoms with van der Waals surface area (Å²) in [7, 11) is 0. The Morgan fingerprint density at radius 3 is 2.00 bits per heavy atom. The predicted molar refractivity (Wildman–Crippen MR) is 93.2 cm³/mol. The Labute approximate surface area is 163 Å². The van der Waals surface area contributed by atoms with Gasteiger partial charge in [0, 0.05) is 11.1 Å². The second-order valence-corrected chi connectivity index (χ2v) is 6.08. The van der Waals surface area contributed by atoms with E-state index in [2.05, 4.69) is 9.59 Å². The molecule has 154 valence electrons. The standard InChI is InChI=1S/C14H9F6N.C3H2N2O2S/c15-13(16,17)9-3-6-12(14(18,19)20)11(7-9)8-1-4-10(21)5-2-8;6-3(7)2-1-8-5-4-2/h1-7H,21H2;1H,(H,6,7). The lowest BCUT2D eigenvalue weighted by atomic mass is 9.96. The van der Waals surface area contributed by atoms with E-state index in [0.717, 1.165) is 11.5 Å². The van der Waals surface area contributed by atoms with Crippen LogP contribution in [0.25, 0.3) is 11.1 Å². The van der Waals surface area contributed by atoms with Crippen molar-refractivity contribution in [3.63, 3.8) is 0 Å². The minimum Gasteiger partial charge on any atom is -0.476 e. The van der Waals surface area contributed by atoms with Crippen molar-refractivity contribution in [2.45, 2.75) is 12.4 Å². The highest BCUT2D eigenvalue weighted by Gasteiger charge is 2.37. The summed E-state index contributed by atoms with van der Waals surface area (Å²) in [5, 5.41) is 12.8. The number of carboxylic acids is 1. The topological polar surface area (TPSA) is 89.1 Å². The third-order valence-corrected chi connectivity index (χ3v) is 3.96. The second kappa shape index (κ2) is 8.47. The molecule has 3 N–H and O–H groups in total. The molecule has 1 heterocycles. The van der Waals surface area contributed by atoms with Gasteiger partial charge in [-0.05, 0) is 53.0 Å². The van der Waals surface area contributed by atoms with Crippen molar-refractivity contribution in [3.8, 4) is 11.1 Å². The SMILES string of the molecule is Nc1ccc(-c2cc(C(F)(F)F)ccc2C(F)(F)F)cc1.O=C(O)c1csnn1. The molecule has 1 aromatic heterocycles. The molecule has 29 heavy (non-hydrogen) atoms. The number of benzene rings is 2. The van der Waals surface area contributed by atoms with Gasteiger partial charge in [-0.25, -0.2) is 4.79 Å². The quantitative estimate of drug-likeness (QED) is 0.426. The fraction of sp³-hybridized carbons (Fsp3) is 0.118. The number of anilines is 1. The Morgan fingerprint density at radius 2 is 1.59 bits per heavy atom. The molecule has 0 saturated carbocycles. The van der Waals surface area contributed by atoms with Crippen molar-refractivity contribution in [1.29, 1.82) is 0 Å². The summed E-state index contributed by atoms with van der Waals surface area (Å²) in [6.07, 6.45) is -9.46. The van der Waals surface area contributed by atoms with Crippen molar-refractivity contribution in [2.75, 3.05) is 5.73 Å². The highest BCUT2D eigenvalue weighted by molar-refractivity contribution is 7.03. The zero-order valence-electron chi connectivity index (χ0n) is 14.1.